The Kier molecular flexibility index (Phi) is 4.28. The number of Topliss-reactive ketones (excluding diaryl/α,β-unsaturated/α-hetero) is 1. The van der Waals surface area contributed by atoms with E-state index in [0.29, 0.717) is 17.9 Å². The minimum atomic E-state index is 0.103. The fraction of sp³-hybridized carbons (Fsp3) is 0.538. The summed E-state index contributed by atoms with van der Waals surface area (Å²) in [4.78, 5) is 20.6. The van der Waals surface area contributed by atoms with Crippen LogP contribution in [0.2, 0.25) is 0 Å². The van der Waals surface area contributed by atoms with Crippen molar-refractivity contribution in [2.75, 3.05) is 46.9 Å². The Balaban J connectivity index is 1.94. The van der Waals surface area contributed by atoms with Gasteiger partial charge in [-0.2, -0.15) is 0 Å². The van der Waals surface area contributed by atoms with E-state index in [2.05, 4.69) is 21.8 Å². The van der Waals surface area contributed by atoms with Gasteiger partial charge in [-0.15, -0.1) is 0 Å². The Morgan fingerprint density at radius 1 is 1.33 bits per heavy atom. The number of carbonyl (C=O) groups excluding carboxylic acids is 1. The number of rotatable bonds is 4. The van der Waals surface area contributed by atoms with Gasteiger partial charge in [0, 0.05) is 37.9 Å². The van der Waals surface area contributed by atoms with Gasteiger partial charge in [0.1, 0.15) is 5.75 Å². The highest BCUT2D eigenvalue weighted by atomic mass is 16.5. The summed E-state index contributed by atoms with van der Waals surface area (Å²) in [5, 5.41) is 0. The number of ketones is 1. The number of nitrogens with zero attached hydrogens (tertiary/aromatic N) is 3. The van der Waals surface area contributed by atoms with Gasteiger partial charge in [0.05, 0.1) is 19.9 Å². The molecule has 0 saturated carbocycles. The highest BCUT2D eigenvalue weighted by Gasteiger charge is 2.17. The van der Waals surface area contributed by atoms with Crippen LogP contribution in [-0.4, -0.2) is 67.4 Å². The molecule has 2 rings (SSSR count). The van der Waals surface area contributed by atoms with Gasteiger partial charge in [-0.3, -0.25) is 14.7 Å². The number of piperazine rings is 1. The average molecular weight is 249 g/mol. The lowest BCUT2D eigenvalue weighted by Gasteiger charge is -2.31. The van der Waals surface area contributed by atoms with E-state index in [1.807, 2.05) is 0 Å². The van der Waals surface area contributed by atoms with Crippen LogP contribution in [0.5, 0.6) is 5.75 Å². The Morgan fingerprint density at radius 2 is 2.06 bits per heavy atom. The maximum absolute atomic E-state index is 12.1. The fourth-order valence-corrected chi connectivity index (χ4v) is 1.98. The lowest BCUT2D eigenvalue weighted by atomic mass is 10.1. The van der Waals surface area contributed by atoms with Crippen LogP contribution in [0.15, 0.2) is 18.5 Å². The highest BCUT2D eigenvalue weighted by Crippen LogP contribution is 2.11. The van der Waals surface area contributed by atoms with Gasteiger partial charge in [0.2, 0.25) is 0 Å². The molecule has 0 atom stereocenters. The first-order valence-electron chi connectivity index (χ1n) is 6.12. The van der Waals surface area contributed by atoms with Crippen molar-refractivity contribution in [2.24, 2.45) is 0 Å². The van der Waals surface area contributed by atoms with Crippen LogP contribution in [0.1, 0.15) is 10.4 Å². The first-order valence-corrected chi connectivity index (χ1v) is 6.12. The van der Waals surface area contributed by atoms with Gasteiger partial charge in [-0.05, 0) is 13.1 Å². The molecule has 1 aromatic heterocycles. The van der Waals surface area contributed by atoms with Crippen molar-refractivity contribution >= 4 is 5.78 Å². The minimum absolute atomic E-state index is 0.103. The lowest BCUT2D eigenvalue weighted by Crippen LogP contribution is -2.46. The van der Waals surface area contributed by atoms with Gasteiger partial charge in [0.15, 0.2) is 5.78 Å². The predicted octanol–water partition coefficient (Wildman–Crippen LogP) is 0.520. The highest BCUT2D eigenvalue weighted by molar-refractivity contribution is 5.97. The molecule has 18 heavy (non-hydrogen) atoms. The number of pyridine rings is 1. The van der Waals surface area contributed by atoms with E-state index in [4.69, 9.17) is 4.74 Å². The van der Waals surface area contributed by atoms with Gasteiger partial charge >= 0.3 is 0 Å². The number of aromatic nitrogens is 1. The summed E-state index contributed by atoms with van der Waals surface area (Å²) in [6.07, 6.45) is 3.20. The van der Waals surface area contributed by atoms with Gasteiger partial charge in [-0.25, -0.2) is 0 Å². The van der Waals surface area contributed by atoms with E-state index < -0.39 is 0 Å². The number of carbonyl (C=O) groups is 1. The molecule has 0 amide bonds. The Labute approximate surface area is 107 Å². The molecule has 2 heterocycles. The van der Waals surface area contributed by atoms with Crippen molar-refractivity contribution in [3.05, 3.63) is 24.0 Å². The Morgan fingerprint density at radius 3 is 2.72 bits per heavy atom. The summed E-state index contributed by atoms with van der Waals surface area (Å²) in [6, 6.07) is 1.74. The quantitative estimate of drug-likeness (QED) is 0.728. The number of hydrogen-bond acceptors (Lipinski definition) is 5. The zero-order chi connectivity index (χ0) is 13.0. The number of methoxy groups -OCH3 is 1. The van der Waals surface area contributed by atoms with E-state index in [1.165, 1.54) is 0 Å². The van der Waals surface area contributed by atoms with Crippen LogP contribution in [0.4, 0.5) is 0 Å². The second kappa shape index (κ2) is 5.93. The molecule has 5 heteroatoms. The van der Waals surface area contributed by atoms with Crippen LogP contribution in [0.3, 0.4) is 0 Å². The summed E-state index contributed by atoms with van der Waals surface area (Å²) in [6.45, 7) is 4.38. The molecule has 0 spiro atoms. The topological polar surface area (TPSA) is 45.7 Å². The Bertz CT molecular complexity index is 414. The van der Waals surface area contributed by atoms with Gasteiger partial charge < -0.3 is 9.64 Å². The van der Waals surface area contributed by atoms with Crippen molar-refractivity contribution in [3.63, 3.8) is 0 Å². The van der Waals surface area contributed by atoms with Crippen LogP contribution in [-0.2, 0) is 0 Å². The molecular formula is C13H19N3O2. The summed E-state index contributed by atoms with van der Waals surface area (Å²) in [5.74, 6) is 0.727. The molecule has 98 valence electrons. The summed E-state index contributed by atoms with van der Waals surface area (Å²) in [5.41, 5.74) is 0.619. The maximum Gasteiger partial charge on any atom is 0.178 e. The fourth-order valence-electron chi connectivity index (χ4n) is 1.98. The van der Waals surface area contributed by atoms with Crippen molar-refractivity contribution < 1.29 is 9.53 Å². The first kappa shape index (κ1) is 13.0. The van der Waals surface area contributed by atoms with Gasteiger partial charge in [-0.1, -0.05) is 0 Å². The molecule has 0 radical (unpaired) electrons. The maximum atomic E-state index is 12.1. The zero-order valence-electron chi connectivity index (χ0n) is 10.9. The molecule has 0 unspecified atom stereocenters. The van der Waals surface area contributed by atoms with E-state index in [-0.39, 0.29) is 5.78 Å². The van der Waals surface area contributed by atoms with Crippen LogP contribution in [0.25, 0.3) is 0 Å². The van der Waals surface area contributed by atoms with E-state index >= 15 is 0 Å². The molecule has 0 N–H and O–H groups in total. The number of ether oxygens (including phenoxy) is 1. The molecule has 0 aliphatic carbocycles. The molecule has 1 aliphatic rings. The molecule has 1 fully saturated rings. The third-order valence-electron chi connectivity index (χ3n) is 3.23. The predicted molar refractivity (Wildman–Crippen MR) is 69.1 cm³/mol. The van der Waals surface area contributed by atoms with E-state index in [1.54, 1.807) is 25.6 Å². The van der Waals surface area contributed by atoms with Crippen molar-refractivity contribution in [2.45, 2.75) is 0 Å². The van der Waals surface area contributed by atoms with Crippen LogP contribution < -0.4 is 4.74 Å². The molecule has 5 nitrogen and oxygen atoms in total. The normalized spacial score (nSPS) is 17.7. The largest absolute Gasteiger partial charge is 0.495 e. The van der Waals surface area contributed by atoms with Crippen molar-refractivity contribution in [1.82, 2.24) is 14.8 Å². The minimum Gasteiger partial charge on any atom is -0.495 e. The number of likely N-dealkylation sites (N-methyl/N-ethyl adjacent to an activating group) is 1. The van der Waals surface area contributed by atoms with Crippen LogP contribution in [0, 0.1) is 0 Å². The second-order valence-corrected chi connectivity index (χ2v) is 4.62. The Hall–Kier alpha value is -1.46. The summed E-state index contributed by atoms with van der Waals surface area (Å²) >= 11 is 0. The van der Waals surface area contributed by atoms with Crippen LogP contribution >= 0.6 is 0 Å². The monoisotopic (exact) mass is 249 g/mol. The molecule has 0 bridgehead atoms. The average Bonchev–Trinajstić information content (AvgIpc) is 2.41. The van der Waals surface area contributed by atoms with E-state index in [0.717, 1.165) is 26.2 Å². The molecule has 1 saturated heterocycles. The first-order chi connectivity index (χ1) is 8.69. The molecule has 1 aromatic rings. The summed E-state index contributed by atoms with van der Waals surface area (Å²) in [7, 11) is 3.68. The smallest absolute Gasteiger partial charge is 0.178 e. The molecular weight excluding hydrogens is 230 g/mol. The van der Waals surface area contributed by atoms with Crippen molar-refractivity contribution in [1.29, 1.82) is 0 Å². The third kappa shape index (κ3) is 3.27. The number of hydrogen-bond donors (Lipinski definition) is 0. The SMILES string of the molecule is COc1cncc(C(=O)CN2CCN(C)CC2)c1. The summed E-state index contributed by atoms with van der Waals surface area (Å²) < 4.78 is 5.07. The van der Waals surface area contributed by atoms with Gasteiger partial charge in [0.25, 0.3) is 0 Å². The second-order valence-electron chi connectivity index (χ2n) is 4.62. The third-order valence-corrected chi connectivity index (χ3v) is 3.23. The molecule has 1 aliphatic heterocycles. The molecule has 0 aromatic carbocycles. The zero-order valence-corrected chi connectivity index (χ0v) is 10.9. The van der Waals surface area contributed by atoms with Crippen molar-refractivity contribution in [3.8, 4) is 5.75 Å². The van der Waals surface area contributed by atoms with E-state index in [9.17, 15) is 4.79 Å². The lowest BCUT2D eigenvalue weighted by molar-refractivity contribution is 0.0875. The standard InChI is InChI=1S/C13H19N3O2/c1-15-3-5-16(6-4-15)10-13(17)11-7-12(18-2)9-14-8-11/h7-9H,3-6,10H2,1-2H3.